The molecule has 0 N–H and O–H groups in total. The Morgan fingerprint density at radius 2 is 2.07 bits per heavy atom. The molecule has 2 aromatic rings. The lowest BCUT2D eigenvalue weighted by Crippen LogP contribution is -2.02. The Balaban J connectivity index is 2.37. The van der Waals surface area contributed by atoms with Gasteiger partial charge in [-0.15, -0.1) is 0 Å². The Labute approximate surface area is 87.8 Å². The normalized spacial score (nSPS) is 10.3. The molecule has 0 aliphatic rings. The molecule has 3 nitrogen and oxygen atoms in total. The number of aryl methyl sites for hydroxylation is 2. The monoisotopic (exact) mass is 201 g/mol. The maximum absolute atomic E-state index is 11.9. The second-order valence-electron chi connectivity index (χ2n) is 3.41. The maximum atomic E-state index is 11.9. The third kappa shape index (κ3) is 1.81. The van der Waals surface area contributed by atoms with Crippen LogP contribution in [0.4, 0.5) is 0 Å². The lowest BCUT2D eigenvalue weighted by molar-refractivity contribution is 0.103. The third-order valence-corrected chi connectivity index (χ3v) is 2.28. The van der Waals surface area contributed by atoms with Crippen LogP contribution in [0.25, 0.3) is 0 Å². The highest BCUT2D eigenvalue weighted by Crippen LogP contribution is 2.14. The molecule has 0 saturated heterocycles. The molecule has 0 amide bonds. The van der Waals surface area contributed by atoms with Crippen molar-refractivity contribution >= 4 is 5.78 Å². The van der Waals surface area contributed by atoms with Crippen molar-refractivity contribution in [3.63, 3.8) is 0 Å². The van der Waals surface area contributed by atoms with Gasteiger partial charge in [-0.3, -0.25) is 9.78 Å². The van der Waals surface area contributed by atoms with Gasteiger partial charge < -0.3 is 4.42 Å². The van der Waals surface area contributed by atoms with Crippen LogP contribution in [0.5, 0.6) is 0 Å². The minimum Gasteiger partial charge on any atom is -0.469 e. The number of carbonyl (C=O) groups excluding carboxylic acids is 1. The predicted molar refractivity (Wildman–Crippen MR) is 55.9 cm³/mol. The van der Waals surface area contributed by atoms with Crippen LogP contribution in [0, 0.1) is 13.8 Å². The van der Waals surface area contributed by atoms with Crippen molar-refractivity contribution in [1.29, 1.82) is 0 Å². The Hall–Kier alpha value is -1.90. The number of ketones is 1. The number of hydrogen-bond donors (Lipinski definition) is 0. The molecular weight excluding hydrogens is 190 g/mol. The van der Waals surface area contributed by atoms with Gasteiger partial charge in [-0.1, -0.05) is 0 Å². The van der Waals surface area contributed by atoms with Gasteiger partial charge in [0, 0.05) is 17.5 Å². The fourth-order valence-electron chi connectivity index (χ4n) is 1.38. The van der Waals surface area contributed by atoms with Gasteiger partial charge in [0.05, 0.1) is 11.8 Å². The fraction of sp³-hybridized carbons (Fsp3) is 0.167. The van der Waals surface area contributed by atoms with E-state index in [2.05, 4.69) is 4.98 Å². The molecule has 0 unspecified atom stereocenters. The SMILES string of the molecule is Cc1ccc(C(=O)c2ccoc2C)cn1. The second kappa shape index (κ2) is 3.69. The molecule has 0 aliphatic heterocycles. The van der Waals surface area contributed by atoms with E-state index in [0.29, 0.717) is 16.9 Å². The summed E-state index contributed by atoms with van der Waals surface area (Å²) in [5, 5.41) is 0. The Kier molecular flexibility index (Phi) is 2.37. The largest absolute Gasteiger partial charge is 0.469 e. The van der Waals surface area contributed by atoms with E-state index in [4.69, 9.17) is 4.42 Å². The van der Waals surface area contributed by atoms with Gasteiger partial charge >= 0.3 is 0 Å². The molecule has 0 radical (unpaired) electrons. The van der Waals surface area contributed by atoms with Crippen LogP contribution in [0.3, 0.4) is 0 Å². The van der Waals surface area contributed by atoms with Crippen molar-refractivity contribution in [2.45, 2.75) is 13.8 Å². The Morgan fingerprint density at radius 1 is 1.27 bits per heavy atom. The number of rotatable bonds is 2. The molecule has 76 valence electrons. The summed E-state index contributed by atoms with van der Waals surface area (Å²) in [5.74, 6) is 0.592. The summed E-state index contributed by atoms with van der Waals surface area (Å²) in [6, 6.07) is 5.28. The number of furan rings is 1. The average molecular weight is 201 g/mol. The standard InChI is InChI=1S/C12H11NO2/c1-8-3-4-10(7-13-8)12(14)11-5-6-15-9(11)2/h3-7H,1-2H3. The van der Waals surface area contributed by atoms with E-state index in [9.17, 15) is 4.79 Å². The van der Waals surface area contributed by atoms with Crippen molar-refractivity contribution in [3.8, 4) is 0 Å². The van der Waals surface area contributed by atoms with E-state index < -0.39 is 0 Å². The second-order valence-corrected chi connectivity index (χ2v) is 3.41. The van der Waals surface area contributed by atoms with Gasteiger partial charge in [-0.2, -0.15) is 0 Å². The molecule has 15 heavy (non-hydrogen) atoms. The summed E-state index contributed by atoms with van der Waals surface area (Å²) in [6.45, 7) is 3.66. The minimum atomic E-state index is -0.0475. The zero-order valence-electron chi connectivity index (χ0n) is 8.65. The zero-order valence-corrected chi connectivity index (χ0v) is 8.65. The lowest BCUT2D eigenvalue weighted by Gasteiger charge is -1.99. The van der Waals surface area contributed by atoms with Crippen LogP contribution in [0.2, 0.25) is 0 Å². The van der Waals surface area contributed by atoms with Gasteiger partial charge in [-0.25, -0.2) is 0 Å². The first-order chi connectivity index (χ1) is 7.18. The number of aromatic nitrogens is 1. The molecule has 0 aromatic carbocycles. The summed E-state index contributed by atoms with van der Waals surface area (Å²) in [7, 11) is 0. The number of carbonyl (C=O) groups is 1. The van der Waals surface area contributed by atoms with Gasteiger partial charge in [0.2, 0.25) is 0 Å². The van der Waals surface area contributed by atoms with E-state index in [1.165, 1.54) is 6.26 Å². The molecule has 2 heterocycles. The summed E-state index contributed by atoms with van der Waals surface area (Å²) in [6.07, 6.45) is 3.11. The minimum absolute atomic E-state index is 0.0475. The molecule has 2 aromatic heterocycles. The summed E-state index contributed by atoms with van der Waals surface area (Å²) < 4.78 is 5.09. The van der Waals surface area contributed by atoms with Crippen molar-refractivity contribution in [3.05, 3.63) is 53.2 Å². The van der Waals surface area contributed by atoms with E-state index in [1.54, 1.807) is 25.3 Å². The highest BCUT2D eigenvalue weighted by atomic mass is 16.3. The fourth-order valence-corrected chi connectivity index (χ4v) is 1.38. The first kappa shape index (κ1) is 9.65. The molecule has 0 bridgehead atoms. The highest BCUT2D eigenvalue weighted by Gasteiger charge is 2.13. The van der Waals surface area contributed by atoms with Crippen LogP contribution in [-0.4, -0.2) is 10.8 Å². The number of nitrogens with zero attached hydrogens (tertiary/aromatic N) is 1. The Morgan fingerprint density at radius 3 is 2.60 bits per heavy atom. The van der Waals surface area contributed by atoms with Gasteiger partial charge in [-0.05, 0) is 32.0 Å². The Bertz CT molecular complexity index is 483. The van der Waals surface area contributed by atoms with E-state index in [0.717, 1.165) is 5.69 Å². The van der Waals surface area contributed by atoms with Crippen molar-refractivity contribution in [2.75, 3.05) is 0 Å². The third-order valence-electron chi connectivity index (χ3n) is 2.28. The zero-order chi connectivity index (χ0) is 10.8. The smallest absolute Gasteiger partial charge is 0.198 e. The van der Waals surface area contributed by atoms with Gasteiger partial charge in [0.1, 0.15) is 5.76 Å². The average Bonchev–Trinajstić information content (AvgIpc) is 2.65. The quantitative estimate of drug-likeness (QED) is 0.701. The first-order valence-electron chi connectivity index (χ1n) is 4.70. The van der Waals surface area contributed by atoms with Crippen LogP contribution in [0.1, 0.15) is 27.4 Å². The van der Waals surface area contributed by atoms with E-state index in [-0.39, 0.29) is 5.78 Å². The molecule has 0 saturated carbocycles. The number of pyridine rings is 1. The van der Waals surface area contributed by atoms with Crippen LogP contribution >= 0.6 is 0 Å². The van der Waals surface area contributed by atoms with Gasteiger partial charge in [0.25, 0.3) is 0 Å². The number of hydrogen-bond acceptors (Lipinski definition) is 3. The molecular formula is C12H11NO2. The van der Waals surface area contributed by atoms with Crippen molar-refractivity contribution in [2.24, 2.45) is 0 Å². The van der Waals surface area contributed by atoms with E-state index >= 15 is 0 Å². The summed E-state index contributed by atoms with van der Waals surface area (Å²) >= 11 is 0. The van der Waals surface area contributed by atoms with E-state index in [1.807, 2.05) is 13.0 Å². The molecule has 0 aliphatic carbocycles. The van der Waals surface area contributed by atoms with Gasteiger partial charge in [0.15, 0.2) is 5.78 Å². The molecule has 0 atom stereocenters. The van der Waals surface area contributed by atoms with Crippen molar-refractivity contribution in [1.82, 2.24) is 4.98 Å². The predicted octanol–water partition coefficient (Wildman–Crippen LogP) is 2.52. The van der Waals surface area contributed by atoms with Crippen molar-refractivity contribution < 1.29 is 9.21 Å². The topological polar surface area (TPSA) is 43.1 Å². The molecule has 2 rings (SSSR count). The highest BCUT2D eigenvalue weighted by molar-refractivity contribution is 6.09. The van der Waals surface area contributed by atoms with Crippen LogP contribution in [0.15, 0.2) is 35.1 Å². The lowest BCUT2D eigenvalue weighted by atomic mass is 10.1. The molecule has 0 spiro atoms. The van der Waals surface area contributed by atoms with Crippen LogP contribution < -0.4 is 0 Å². The molecule has 0 fully saturated rings. The maximum Gasteiger partial charge on any atom is 0.198 e. The summed E-state index contributed by atoms with van der Waals surface area (Å²) in [5.41, 5.74) is 2.08. The first-order valence-corrected chi connectivity index (χ1v) is 4.70. The van der Waals surface area contributed by atoms with Crippen LogP contribution in [-0.2, 0) is 0 Å². The summed E-state index contributed by atoms with van der Waals surface area (Å²) in [4.78, 5) is 16.0. The molecule has 3 heteroatoms.